The van der Waals surface area contributed by atoms with Crippen molar-refractivity contribution < 1.29 is 19.6 Å². The van der Waals surface area contributed by atoms with Crippen molar-refractivity contribution in [1.82, 2.24) is 4.90 Å². The van der Waals surface area contributed by atoms with E-state index >= 15 is 0 Å². The Morgan fingerprint density at radius 3 is 2.67 bits per heavy atom. The van der Waals surface area contributed by atoms with Crippen LogP contribution in [-0.2, 0) is 4.79 Å². The predicted molar refractivity (Wildman–Crippen MR) is 74.1 cm³/mol. The number of aliphatic carboxylic acids is 1. The molecule has 0 aliphatic carbocycles. The normalized spacial score (nSPS) is 18.3. The Balaban J connectivity index is 2.34. The van der Waals surface area contributed by atoms with Crippen molar-refractivity contribution in [2.45, 2.75) is 32.2 Å². The zero-order valence-electron chi connectivity index (χ0n) is 11.6. The molecular formula is C14H16N2O5. The molecule has 7 nitrogen and oxygen atoms in total. The Kier molecular flexibility index (Phi) is 4.21. The molecule has 1 saturated heterocycles. The smallest absolute Gasteiger partial charge is 0.326 e. The van der Waals surface area contributed by atoms with Gasteiger partial charge in [-0.1, -0.05) is 0 Å². The largest absolute Gasteiger partial charge is 0.480 e. The van der Waals surface area contributed by atoms with Crippen molar-refractivity contribution in [3.05, 3.63) is 39.4 Å². The lowest BCUT2D eigenvalue weighted by Gasteiger charge is -2.33. The van der Waals surface area contributed by atoms with Gasteiger partial charge in [0.1, 0.15) is 6.04 Å². The SMILES string of the molecule is Cc1cc(C(=O)N2CCCCC2C(=O)O)cc([N+](=O)[O-])c1. The second-order valence-corrected chi connectivity index (χ2v) is 5.16. The van der Waals surface area contributed by atoms with Crippen LogP contribution in [0.15, 0.2) is 18.2 Å². The molecule has 1 fully saturated rings. The van der Waals surface area contributed by atoms with Crippen LogP contribution in [-0.4, -0.2) is 39.4 Å². The molecule has 1 aliphatic heterocycles. The zero-order valence-corrected chi connectivity index (χ0v) is 11.6. The fraction of sp³-hybridized carbons (Fsp3) is 0.429. The molecule has 1 amide bonds. The molecule has 1 aliphatic rings. The number of nitro benzene ring substituents is 1. The molecule has 21 heavy (non-hydrogen) atoms. The minimum atomic E-state index is -1.04. The number of amides is 1. The number of non-ortho nitro benzene ring substituents is 1. The molecule has 0 radical (unpaired) electrons. The molecule has 0 saturated carbocycles. The number of hydrogen-bond acceptors (Lipinski definition) is 4. The van der Waals surface area contributed by atoms with Gasteiger partial charge in [-0.15, -0.1) is 0 Å². The van der Waals surface area contributed by atoms with Crippen LogP contribution >= 0.6 is 0 Å². The van der Waals surface area contributed by atoms with Gasteiger partial charge < -0.3 is 10.0 Å². The minimum absolute atomic E-state index is 0.162. The van der Waals surface area contributed by atoms with Gasteiger partial charge in [-0.25, -0.2) is 4.79 Å². The summed E-state index contributed by atoms with van der Waals surface area (Å²) in [6, 6.07) is 3.26. The Labute approximate surface area is 121 Å². The number of carboxylic acid groups (broad SMARTS) is 1. The van der Waals surface area contributed by atoms with Crippen molar-refractivity contribution in [1.29, 1.82) is 0 Å². The first kappa shape index (κ1) is 15.0. The van der Waals surface area contributed by atoms with Gasteiger partial charge in [-0.2, -0.15) is 0 Å². The minimum Gasteiger partial charge on any atom is -0.480 e. The van der Waals surface area contributed by atoms with Gasteiger partial charge in [-0.3, -0.25) is 14.9 Å². The number of piperidine rings is 1. The number of carbonyl (C=O) groups is 2. The van der Waals surface area contributed by atoms with Gasteiger partial charge in [0.15, 0.2) is 0 Å². The average Bonchev–Trinajstić information content (AvgIpc) is 2.45. The molecule has 2 rings (SSSR count). The standard InChI is InChI=1S/C14H16N2O5/c1-9-6-10(8-11(7-9)16(20)21)13(17)15-5-3-2-4-12(15)14(18)19/h6-8,12H,2-5H2,1H3,(H,18,19). The Morgan fingerprint density at radius 1 is 1.33 bits per heavy atom. The van der Waals surface area contributed by atoms with Gasteiger partial charge >= 0.3 is 5.97 Å². The topological polar surface area (TPSA) is 101 Å². The third kappa shape index (κ3) is 3.18. The Hall–Kier alpha value is -2.44. The maximum Gasteiger partial charge on any atom is 0.326 e. The molecule has 1 aromatic carbocycles. The quantitative estimate of drug-likeness (QED) is 0.678. The van der Waals surface area contributed by atoms with Gasteiger partial charge in [0.25, 0.3) is 11.6 Å². The Bertz CT molecular complexity index is 599. The highest BCUT2D eigenvalue weighted by Gasteiger charge is 2.32. The number of carbonyl (C=O) groups excluding carboxylic acids is 1. The van der Waals surface area contributed by atoms with E-state index < -0.39 is 22.8 Å². The van der Waals surface area contributed by atoms with Crippen LogP contribution in [0.1, 0.15) is 35.2 Å². The maximum absolute atomic E-state index is 12.5. The number of rotatable bonds is 3. The number of nitro groups is 1. The van der Waals surface area contributed by atoms with Crippen LogP contribution in [0.25, 0.3) is 0 Å². The molecule has 1 unspecified atom stereocenters. The van der Waals surface area contributed by atoms with Crippen molar-refractivity contribution in [2.75, 3.05) is 6.54 Å². The third-order valence-electron chi connectivity index (χ3n) is 3.57. The molecule has 7 heteroatoms. The second-order valence-electron chi connectivity index (χ2n) is 5.16. The molecule has 112 valence electrons. The first-order valence-electron chi connectivity index (χ1n) is 6.70. The van der Waals surface area contributed by atoms with Crippen LogP contribution in [0, 0.1) is 17.0 Å². The Morgan fingerprint density at radius 2 is 2.05 bits per heavy atom. The molecule has 1 atom stereocenters. The fourth-order valence-corrected chi connectivity index (χ4v) is 2.59. The molecule has 1 heterocycles. The van der Waals surface area contributed by atoms with Crippen LogP contribution in [0.5, 0.6) is 0 Å². The van der Waals surface area contributed by atoms with E-state index in [0.717, 1.165) is 12.8 Å². The van der Waals surface area contributed by atoms with Crippen LogP contribution in [0.2, 0.25) is 0 Å². The predicted octanol–water partition coefficient (Wildman–Crippen LogP) is 1.98. The van der Waals surface area contributed by atoms with E-state index in [-0.39, 0.29) is 11.3 Å². The lowest BCUT2D eigenvalue weighted by atomic mass is 10.00. The average molecular weight is 292 g/mol. The summed E-state index contributed by atoms with van der Waals surface area (Å²) in [7, 11) is 0. The van der Waals surface area contributed by atoms with E-state index in [1.165, 1.54) is 17.0 Å². The van der Waals surface area contributed by atoms with Crippen molar-refractivity contribution in [3.63, 3.8) is 0 Å². The second kappa shape index (κ2) is 5.90. The van der Waals surface area contributed by atoms with Crippen molar-refractivity contribution in [3.8, 4) is 0 Å². The lowest BCUT2D eigenvalue weighted by molar-refractivity contribution is -0.384. The fourth-order valence-electron chi connectivity index (χ4n) is 2.59. The van der Waals surface area contributed by atoms with Crippen molar-refractivity contribution >= 4 is 17.6 Å². The highest BCUT2D eigenvalue weighted by Crippen LogP contribution is 2.23. The van der Waals surface area contributed by atoms with Crippen LogP contribution in [0.4, 0.5) is 5.69 Å². The molecular weight excluding hydrogens is 276 g/mol. The number of carboxylic acids is 1. The molecule has 0 aromatic heterocycles. The summed E-state index contributed by atoms with van der Waals surface area (Å²) in [6.45, 7) is 2.02. The zero-order chi connectivity index (χ0) is 15.6. The summed E-state index contributed by atoms with van der Waals surface area (Å²) < 4.78 is 0. The molecule has 0 spiro atoms. The summed E-state index contributed by atoms with van der Waals surface area (Å²) in [5.74, 6) is -1.50. The summed E-state index contributed by atoms with van der Waals surface area (Å²) in [6.07, 6.45) is 1.91. The van der Waals surface area contributed by atoms with Crippen LogP contribution in [0.3, 0.4) is 0 Å². The van der Waals surface area contributed by atoms with Gasteiger partial charge in [0.05, 0.1) is 4.92 Å². The van der Waals surface area contributed by atoms with Gasteiger partial charge in [0, 0.05) is 24.2 Å². The first-order chi connectivity index (χ1) is 9.90. The summed E-state index contributed by atoms with van der Waals surface area (Å²) in [5.41, 5.74) is 0.591. The molecule has 0 bridgehead atoms. The number of aryl methyl sites for hydroxylation is 1. The highest BCUT2D eigenvalue weighted by molar-refractivity contribution is 5.97. The lowest BCUT2D eigenvalue weighted by Crippen LogP contribution is -2.48. The number of nitrogens with zero attached hydrogens (tertiary/aromatic N) is 2. The van der Waals surface area contributed by atoms with E-state index in [1.54, 1.807) is 13.0 Å². The summed E-state index contributed by atoms with van der Waals surface area (Å²) in [4.78, 5) is 35.3. The van der Waals surface area contributed by atoms with E-state index in [0.29, 0.717) is 18.5 Å². The van der Waals surface area contributed by atoms with Gasteiger partial charge in [0.2, 0.25) is 0 Å². The molecule has 1 aromatic rings. The number of hydrogen-bond donors (Lipinski definition) is 1. The highest BCUT2D eigenvalue weighted by atomic mass is 16.6. The van der Waals surface area contributed by atoms with Crippen LogP contribution < -0.4 is 0 Å². The molecule has 1 N–H and O–H groups in total. The van der Waals surface area contributed by atoms with Crippen molar-refractivity contribution in [2.24, 2.45) is 0 Å². The maximum atomic E-state index is 12.5. The number of likely N-dealkylation sites (tertiary alicyclic amines) is 1. The number of benzene rings is 1. The summed E-state index contributed by atoms with van der Waals surface area (Å²) in [5, 5.41) is 20.1. The van der Waals surface area contributed by atoms with E-state index in [9.17, 15) is 24.8 Å². The van der Waals surface area contributed by atoms with Gasteiger partial charge in [-0.05, 0) is 37.8 Å². The van der Waals surface area contributed by atoms with E-state index in [4.69, 9.17) is 0 Å². The van der Waals surface area contributed by atoms with E-state index in [1.807, 2.05) is 0 Å². The third-order valence-corrected chi connectivity index (χ3v) is 3.57. The first-order valence-corrected chi connectivity index (χ1v) is 6.70. The monoisotopic (exact) mass is 292 g/mol. The summed E-state index contributed by atoms with van der Waals surface area (Å²) >= 11 is 0. The van der Waals surface area contributed by atoms with E-state index in [2.05, 4.69) is 0 Å².